The van der Waals surface area contributed by atoms with Crippen LogP contribution in [0.25, 0.3) is 0 Å². The normalized spacial score (nSPS) is 15.4. The molecule has 92 valence electrons. The fourth-order valence-electron chi connectivity index (χ4n) is 1.34. The average Bonchev–Trinajstić information content (AvgIpc) is 2.73. The van der Waals surface area contributed by atoms with Crippen LogP contribution in [-0.2, 0) is 0 Å². The molecule has 0 saturated heterocycles. The molecule has 0 aliphatic rings. The third kappa shape index (κ3) is 3.52. The summed E-state index contributed by atoms with van der Waals surface area (Å²) in [5.74, 6) is 1.13. The molecule has 4 heteroatoms. The SMILES string of the molecule is CCCNC(C)c1nnc(C(C)C(C)C)s1. The van der Waals surface area contributed by atoms with Gasteiger partial charge < -0.3 is 5.32 Å². The van der Waals surface area contributed by atoms with Gasteiger partial charge in [-0.25, -0.2) is 0 Å². The molecule has 1 aromatic heterocycles. The molecule has 3 nitrogen and oxygen atoms in total. The summed E-state index contributed by atoms with van der Waals surface area (Å²) >= 11 is 1.74. The summed E-state index contributed by atoms with van der Waals surface area (Å²) in [6, 6.07) is 0.325. The lowest BCUT2D eigenvalue weighted by Gasteiger charge is -2.11. The Bertz CT molecular complexity index is 309. The summed E-state index contributed by atoms with van der Waals surface area (Å²) in [5, 5.41) is 14.3. The molecule has 0 aliphatic carbocycles. The Morgan fingerprint density at radius 1 is 1.12 bits per heavy atom. The van der Waals surface area contributed by atoms with Gasteiger partial charge in [-0.15, -0.1) is 10.2 Å². The summed E-state index contributed by atoms with van der Waals surface area (Å²) in [7, 11) is 0. The number of nitrogens with one attached hydrogen (secondary N) is 1. The minimum absolute atomic E-state index is 0.325. The van der Waals surface area contributed by atoms with Crippen LogP contribution in [0.3, 0.4) is 0 Å². The zero-order chi connectivity index (χ0) is 12.1. The van der Waals surface area contributed by atoms with Crippen LogP contribution >= 0.6 is 11.3 Å². The van der Waals surface area contributed by atoms with Crippen molar-refractivity contribution in [3.63, 3.8) is 0 Å². The highest BCUT2D eigenvalue weighted by Gasteiger charge is 2.17. The molecule has 0 bridgehead atoms. The molecule has 1 N–H and O–H groups in total. The van der Waals surface area contributed by atoms with Gasteiger partial charge in [0.15, 0.2) is 0 Å². The van der Waals surface area contributed by atoms with E-state index in [-0.39, 0.29) is 0 Å². The van der Waals surface area contributed by atoms with Crippen LogP contribution in [0.5, 0.6) is 0 Å². The van der Waals surface area contributed by atoms with E-state index in [4.69, 9.17) is 0 Å². The van der Waals surface area contributed by atoms with Gasteiger partial charge in [-0.05, 0) is 25.8 Å². The second-order valence-corrected chi connectivity index (χ2v) is 5.73. The number of rotatable bonds is 6. The van der Waals surface area contributed by atoms with Crippen molar-refractivity contribution in [2.45, 2.75) is 53.0 Å². The Balaban J connectivity index is 2.63. The second-order valence-electron chi connectivity index (χ2n) is 4.69. The predicted octanol–water partition coefficient (Wildman–Crippen LogP) is 3.36. The number of aromatic nitrogens is 2. The first-order valence-corrected chi connectivity index (χ1v) is 6.94. The monoisotopic (exact) mass is 241 g/mol. The quantitative estimate of drug-likeness (QED) is 0.830. The lowest BCUT2D eigenvalue weighted by atomic mass is 9.99. The van der Waals surface area contributed by atoms with Gasteiger partial charge in [0, 0.05) is 5.92 Å². The van der Waals surface area contributed by atoms with Crippen LogP contribution in [-0.4, -0.2) is 16.7 Å². The van der Waals surface area contributed by atoms with Gasteiger partial charge in [0.1, 0.15) is 10.0 Å². The van der Waals surface area contributed by atoms with Crippen LogP contribution in [0, 0.1) is 5.92 Å². The topological polar surface area (TPSA) is 37.8 Å². The molecular weight excluding hydrogens is 218 g/mol. The Morgan fingerprint density at radius 2 is 1.75 bits per heavy atom. The largest absolute Gasteiger partial charge is 0.308 e. The molecule has 0 radical (unpaired) electrons. The highest BCUT2D eigenvalue weighted by molar-refractivity contribution is 7.11. The molecule has 0 fully saturated rings. The van der Waals surface area contributed by atoms with E-state index in [1.807, 2.05) is 0 Å². The molecule has 2 unspecified atom stereocenters. The van der Waals surface area contributed by atoms with Gasteiger partial charge in [-0.2, -0.15) is 0 Å². The fraction of sp³-hybridized carbons (Fsp3) is 0.833. The highest BCUT2D eigenvalue weighted by Crippen LogP contribution is 2.28. The summed E-state index contributed by atoms with van der Waals surface area (Å²) in [6.07, 6.45) is 1.15. The van der Waals surface area contributed by atoms with Crippen molar-refractivity contribution >= 4 is 11.3 Å². The summed E-state index contributed by atoms with van der Waals surface area (Å²) in [6.45, 7) is 12.0. The van der Waals surface area contributed by atoms with E-state index >= 15 is 0 Å². The third-order valence-corrected chi connectivity index (χ3v) is 4.22. The molecule has 0 spiro atoms. The molecule has 0 aromatic carbocycles. The van der Waals surface area contributed by atoms with Crippen molar-refractivity contribution in [2.75, 3.05) is 6.54 Å². The van der Waals surface area contributed by atoms with E-state index in [2.05, 4.69) is 50.1 Å². The van der Waals surface area contributed by atoms with Crippen molar-refractivity contribution in [1.29, 1.82) is 0 Å². The van der Waals surface area contributed by atoms with E-state index in [1.54, 1.807) is 11.3 Å². The van der Waals surface area contributed by atoms with Gasteiger partial charge in [0.05, 0.1) is 6.04 Å². The summed E-state index contributed by atoms with van der Waals surface area (Å²) < 4.78 is 0. The van der Waals surface area contributed by atoms with Crippen LogP contribution < -0.4 is 5.32 Å². The van der Waals surface area contributed by atoms with E-state index in [0.29, 0.717) is 17.9 Å². The van der Waals surface area contributed by atoms with Crippen molar-refractivity contribution in [1.82, 2.24) is 15.5 Å². The first kappa shape index (κ1) is 13.6. The summed E-state index contributed by atoms with van der Waals surface area (Å²) in [4.78, 5) is 0. The van der Waals surface area contributed by atoms with Crippen molar-refractivity contribution in [3.8, 4) is 0 Å². The minimum atomic E-state index is 0.325. The molecule has 2 atom stereocenters. The van der Waals surface area contributed by atoms with Crippen LogP contribution in [0.15, 0.2) is 0 Å². The molecule has 0 aliphatic heterocycles. The first-order valence-electron chi connectivity index (χ1n) is 6.12. The van der Waals surface area contributed by atoms with Crippen molar-refractivity contribution in [3.05, 3.63) is 10.0 Å². The average molecular weight is 241 g/mol. The lowest BCUT2D eigenvalue weighted by Crippen LogP contribution is -2.19. The van der Waals surface area contributed by atoms with Gasteiger partial charge in [-0.1, -0.05) is 39.0 Å². The number of hydrogen-bond donors (Lipinski definition) is 1. The molecule has 0 saturated carbocycles. The Kier molecular flexibility index (Phi) is 5.35. The number of hydrogen-bond acceptors (Lipinski definition) is 4. The Hall–Kier alpha value is -0.480. The van der Waals surface area contributed by atoms with Gasteiger partial charge in [-0.3, -0.25) is 0 Å². The van der Waals surface area contributed by atoms with Crippen molar-refractivity contribution < 1.29 is 0 Å². The standard InChI is InChI=1S/C12H23N3S/c1-6-7-13-10(5)12-15-14-11(16-12)9(4)8(2)3/h8-10,13H,6-7H2,1-5H3. The second kappa shape index (κ2) is 6.30. The fourth-order valence-corrected chi connectivity index (χ4v) is 2.43. The minimum Gasteiger partial charge on any atom is -0.308 e. The van der Waals surface area contributed by atoms with Crippen LogP contribution in [0.2, 0.25) is 0 Å². The van der Waals surface area contributed by atoms with Crippen LogP contribution in [0.4, 0.5) is 0 Å². The zero-order valence-corrected chi connectivity index (χ0v) is 11.8. The predicted molar refractivity (Wildman–Crippen MR) is 69.9 cm³/mol. The van der Waals surface area contributed by atoms with Gasteiger partial charge >= 0.3 is 0 Å². The van der Waals surface area contributed by atoms with E-state index in [9.17, 15) is 0 Å². The van der Waals surface area contributed by atoms with E-state index < -0.39 is 0 Å². The molecule has 1 heterocycles. The molecule has 1 aromatic rings. The molecule has 0 amide bonds. The zero-order valence-electron chi connectivity index (χ0n) is 10.9. The Labute approximate surface area is 103 Å². The van der Waals surface area contributed by atoms with E-state index in [0.717, 1.165) is 23.0 Å². The lowest BCUT2D eigenvalue weighted by molar-refractivity contribution is 0.527. The maximum atomic E-state index is 4.30. The Morgan fingerprint density at radius 3 is 2.31 bits per heavy atom. The van der Waals surface area contributed by atoms with Gasteiger partial charge in [0.2, 0.25) is 0 Å². The third-order valence-electron chi connectivity index (χ3n) is 2.92. The maximum Gasteiger partial charge on any atom is 0.134 e. The molecular formula is C12H23N3S. The number of nitrogens with zero attached hydrogens (tertiary/aromatic N) is 2. The maximum absolute atomic E-state index is 4.30. The summed E-state index contributed by atoms with van der Waals surface area (Å²) in [5.41, 5.74) is 0. The van der Waals surface area contributed by atoms with Crippen LogP contribution in [0.1, 0.15) is 63.0 Å². The van der Waals surface area contributed by atoms with Gasteiger partial charge in [0.25, 0.3) is 0 Å². The van der Waals surface area contributed by atoms with Crippen molar-refractivity contribution in [2.24, 2.45) is 5.92 Å². The molecule has 1 rings (SSSR count). The van der Waals surface area contributed by atoms with E-state index in [1.165, 1.54) is 0 Å². The first-order chi connectivity index (χ1) is 7.56. The highest BCUT2D eigenvalue weighted by atomic mass is 32.1. The molecule has 16 heavy (non-hydrogen) atoms. The smallest absolute Gasteiger partial charge is 0.134 e.